The third-order valence-corrected chi connectivity index (χ3v) is 1.28. The summed E-state index contributed by atoms with van der Waals surface area (Å²) in [6.45, 7) is 1.92. The maximum absolute atomic E-state index is 10.5. The Kier molecular flexibility index (Phi) is 2.18. The quantitative estimate of drug-likeness (QED) is 0.344. The first-order valence-electron chi connectivity index (χ1n) is 2.23. The van der Waals surface area contributed by atoms with Crippen molar-refractivity contribution >= 4 is 7.82 Å². The van der Waals surface area contributed by atoms with Crippen LogP contribution in [0.25, 0.3) is 0 Å². The molecule has 6 nitrogen and oxygen atoms in total. The fourth-order valence-electron chi connectivity index (χ4n) is 0.222. The minimum Gasteiger partial charge on any atom is -0.227 e. The van der Waals surface area contributed by atoms with E-state index in [1.807, 2.05) is 0 Å². The average molecular weight is 156 g/mol. The summed E-state index contributed by atoms with van der Waals surface area (Å²) in [6, 6.07) is 0. The van der Waals surface area contributed by atoms with Crippen LogP contribution in [0.1, 0.15) is 6.92 Å². The van der Waals surface area contributed by atoms with Crippen LogP contribution in [0.3, 0.4) is 0 Å². The summed E-state index contributed by atoms with van der Waals surface area (Å²) >= 11 is 0. The molecular formula is C2H5O6P. The molecule has 0 aromatic carbocycles. The van der Waals surface area contributed by atoms with Gasteiger partial charge in [-0.1, -0.05) is 9.35 Å². The third-order valence-electron chi connectivity index (χ3n) is 0.505. The highest BCUT2D eigenvalue weighted by Crippen LogP contribution is 2.57. The normalized spacial score (nSPS) is 23.2. The molecule has 0 amide bonds. The number of phosphoric acid groups is 1. The summed E-state index contributed by atoms with van der Waals surface area (Å²) in [6.07, 6.45) is 0. The molecule has 1 aliphatic rings. The van der Waals surface area contributed by atoms with Crippen LogP contribution < -0.4 is 0 Å². The van der Waals surface area contributed by atoms with E-state index in [2.05, 4.69) is 23.9 Å². The first kappa shape index (κ1) is 7.14. The number of hydrogen-bond acceptors (Lipinski definition) is 6. The smallest absolute Gasteiger partial charge is 0.227 e. The van der Waals surface area contributed by atoms with Gasteiger partial charge < -0.3 is 0 Å². The van der Waals surface area contributed by atoms with E-state index in [1.165, 1.54) is 0 Å². The molecule has 0 bridgehead atoms. The summed E-state index contributed by atoms with van der Waals surface area (Å²) in [7, 11) is -3.45. The Morgan fingerprint density at radius 1 is 1.56 bits per heavy atom. The maximum atomic E-state index is 10.5. The first-order valence-corrected chi connectivity index (χ1v) is 3.69. The zero-order valence-corrected chi connectivity index (χ0v) is 5.50. The highest BCUT2D eigenvalue weighted by atomic mass is 31.2. The van der Waals surface area contributed by atoms with Crippen LogP contribution in [0.15, 0.2) is 0 Å². The van der Waals surface area contributed by atoms with E-state index in [0.717, 1.165) is 0 Å². The Bertz CT molecular complexity index is 125. The molecule has 9 heavy (non-hydrogen) atoms. The van der Waals surface area contributed by atoms with Gasteiger partial charge in [-0.25, -0.2) is 9.45 Å². The molecule has 0 spiro atoms. The van der Waals surface area contributed by atoms with Crippen LogP contribution >= 0.6 is 7.82 Å². The van der Waals surface area contributed by atoms with Crippen LogP contribution in [0.5, 0.6) is 0 Å². The van der Waals surface area contributed by atoms with E-state index in [-0.39, 0.29) is 6.61 Å². The van der Waals surface area contributed by atoms with Gasteiger partial charge >= 0.3 is 7.82 Å². The van der Waals surface area contributed by atoms with Crippen LogP contribution in [-0.4, -0.2) is 6.61 Å². The second-order valence-corrected chi connectivity index (χ2v) is 2.49. The van der Waals surface area contributed by atoms with Crippen LogP contribution in [0, 0.1) is 0 Å². The molecule has 0 aliphatic carbocycles. The zero-order chi connectivity index (χ0) is 6.74. The molecule has 1 fully saturated rings. The molecule has 0 aromatic heterocycles. The largest absolute Gasteiger partial charge is 0.561 e. The lowest BCUT2D eigenvalue weighted by Gasteiger charge is -2.18. The molecule has 0 saturated carbocycles. The van der Waals surface area contributed by atoms with Gasteiger partial charge in [-0.15, -0.1) is 4.67 Å². The Labute approximate surface area is 51.0 Å². The van der Waals surface area contributed by atoms with Crippen molar-refractivity contribution in [3.05, 3.63) is 0 Å². The Balaban J connectivity index is 2.18. The van der Waals surface area contributed by atoms with Gasteiger partial charge in [0.1, 0.15) is 0 Å². The fraction of sp³-hybridized carbons (Fsp3) is 1.00. The summed E-state index contributed by atoms with van der Waals surface area (Å²) < 4.78 is 22.4. The van der Waals surface area contributed by atoms with Crippen LogP contribution in [0.2, 0.25) is 0 Å². The number of rotatable bonds is 3. The van der Waals surface area contributed by atoms with Gasteiger partial charge in [0.15, 0.2) is 0 Å². The zero-order valence-electron chi connectivity index (χ0n) is 4.60. The minimum atomic E-state index is -3.45. The van der Waals surface area contributed by atoms with Crippen molar-refractivity contribution in [1.29, 1.82) is 0 Å². The predicted octanol–water partition coefficient (Wildman–Crippen LogP) is 0.956. The molecule has 0 atom stereocenters. The summed E-state index contributed by atoms with van der Waals surface area (Å²) in [4.78, 5) is 4.25. The molecule has 1 rings (SSSR count). The van der Waals surface area contributed by atoms with Crippen molar-refractivity contribution in [3.63, 3.8) is 0 Å². The molecule has 1 aliphatic heterocycles. The standard InChI is InChI=1S/C2H5O6P/c1-2-4-6-9(3)7-5-8-9/h2H2,1H3. The molecule has 0 N–H and O–H groups in total. The van der Waals surface area contributed by atoms with Crippen molar-refractivity contribution in [3.8, 4) is 0 Å². The molecular weight excluding hydrogens is 151 g/mol. The van der Waals surface area contributed by atoms with Gasteiger partial charge in [0.25, 0.3) is 0 Å². The molecule has 1 heterocycles. The Morgan fingerprint density at radius 3 is 2.56 bits per heavy atom. The minimum absolute atomic E-state index is 0.261. The second-order valence-electron chi connectivity index (χ2n) is 1.15. The third kappa shape index (κ3) is 1.72. The van der Waals surface area contributed by atoms with E-state index >= 15 is 0 Å². The highest BCUT2D eigenvalue weighted by molar-refractivity contribution is 7.48. The van der Waals surface area contributed by atoms with Crippen molar-refractivity contribution < 1.29 is 28.5 Å². The van der Waals surface area contributed by atoms with Gasteiger partial charge in [0.05, 0.1) is 6.61 Å². The first-order chi connectivity index (χ1) is 4.27. The lowest BCUT2D eigenvalue weighted by Crippen LogP contribution is -2.09. The van der Waals surface area contributed by atoms with E-state index in [9.17, 15) is 4.57 Å². The molecule has 54 valence electrons. The average Bonchev–Trinajstić information content (AvgIpc) is 1.79. The molecule has 0 radical (unpaired) electrons. The monoisotopic (exact) mass is 156 g/mol. The summed E-state index contributed by atoms with van der Waals surface area (Å²) in [5.74, 6) is 0. The highest BCUT2D eigenvalue weighted by Gasteiger charge is 2.42. The van der Waals surface area contributed by atoms with E-state index in [1.54, 1.807) is 6.92 Å². The van der Waals surface area contributed by atoms with E-state index in [4.69, 9.17) is 0 Å². The second kappa shape index (κ2) is 2.74. The van der Waals surface area contributed by atoms with Crippen molar-refractivity contribution in [1.82, 2.24) is 0 Å². The topological polar surface area (TPSA) is 63.2 Å². The Hall–Kier alpha value is 0.0300. The molecule has 0 unspecified atom stereocenters. The van der Waals surface area contributed by atoms with Gasteiger partial charge in [0.2, 0.25) is 0 Å². The Morgan fingerprint density at radius 2 is 2.22 bits per heavy atom. The lowest BCUT2D eigenvalue weighted by molar-refractivity contribution is -0.512. The van der Waals surface area contributed by atoms with Crippen molar-refractivity contribution in [2.75, 3.05) is 6.61 Å². The maximum Gasteiger partial charge on any atom is 0.561 e. The van der Waals surface area contributed by atoms with Crippen molar-refractivity contribution in [2.24, 2.45) is 0 Å². The predicted molar refractivity (Wildman–Crippen MR) is 23.6 cm³/mol. The van der Waals surface area contributed by atoms with Gasteiger partial charge in [-0.2, -0.15) is 0 Å². The fourth-order valence-corrected chi connectivity index (χ4v) is 0.667. The summed E-state index contributed by atoms with van der Waals surface area (Å²) in [5.41, 5.74) is 0. The molecule has 7 heteroatoms. The SMILES string of the molecule is CCOOP1(=O)OOO1. The molecule has 1 saturated heterocycles. The number of hydrogen-bond donors (Lipinski definition) is 0. The van der Waals surface area contributed by atoms with Crippen LogP contribution in [0.4, 0.5) is 0 Å². The lowest BCUT2D eigenvalue weighted by atomic mass is 10.9. The van der Waals surface area contributed by atoms with E-state index in [0.29, 0.717) is 0 Å². The summed E-state index contributed by atoms with van der Waals surface area (Å²) in [5, 5.41) is 3.67. The van der Waals surface area contributed by atoms with Crippen LogP contribution in [-0.2, 0) is 28.5 Å². The molecule has 0 aromatic rings. The van der Waals surface area contributed by atoms with Gasteiger partial charge in [0, 0.05) is 0 Å². The van der Waals surface area contributed by atoms with Crippen molar-refractivity contribution in [2.45, 2.75) is 6.92 Å². The van der Waals surface area contributed by atoms with E-state index < -0.39 is 7.82 Å². The van der Waals surface area contributed by atoms with Gasteiger partial charge in [-0.3, -0.25) is 0 Å². The van der Waals surface area contributed by atoms with Gasteiger partial charge in [-0.05, 0) is 12.0 Å².